The smallest absolute Gasteiger partial charge is 0.136 e. The molecule has 1 fully saturated rings. The van der Waals surface area contributed by atoms with Crippen LogP contribution in [0.25, 0.3) is 11.0 Å². The molecule has 6 nitrogen and oxygen atoms in total. The lowest BCUT2D eigenvalue weighted by Crippen LogP contribution is -2.03. The van der Waals surface area contributed by atoms with Crippen LogP contribution in [0.1, 0.15) is 24.6 Å². The van der Waals surface area contributed by atoms with Gasteiger partial charge in [0.15, 0.2) is 0 Å². The average molecular weight is 319 g/mol. The second kappa shape index (κ2) is 4.78. The topological polar surface area (TPSA) is 89.6 Å². The molecule has 21 heavy (non-hydrogen) atoms. The van der Waals surface area contributed by atoms with E-state index in [0.29, 0.717) is 28.3 Å². The van der Waals surface area contributed by atoms with E-state index < -0.39 is 0 Å². The van der Waals surface area contributed by atoms with Crippen LogP contribution < -0.4 is 11.1 Å². The quantitative estimate of drug-likeness (QED) is 0.769. The minimum absolute atomic E-state index is 0.432. The van der Waals surface area contributed by atoms with Crippen LogP contribution >= 0.6 is 23.3 Å². The minimum atomic E-state index is 0.432. The number of nitrogens with zero attached hydrogens (tertiary/aromatic N) is 4. The monoisotopic (exact) mass is 318 g/mol. The van der Waals surface area contributed by atoms with E-state index in [1.807, 2.05) is 6.07 Å². The molecule has 3 aromatic rings. The van der Waals surface area contributed by atoms with Crippen LogP contribution in [0.4, 0.5) is 17.3 Å². The Morgan fingerprint density at radius 1 is 1.24 bits per heavy atom. The van der Waals surface area contributed by atoms with Gasteiger partial charge >= 0.3 is 0 Å². The van der Waals surface area contributed by atoms with E-state index in [4.69, 9.17) is 17.3 Å². The van der Waals surface area contributed by atoms with Gasteiger partial charge in [0.25, 0.3) is 0 Å². The van der Waals surface area contributed by atoms with E-state index >= 15 is 0 Å². The van der Waals surface area contributed by atoms with Gasteiger partial charge in [0, 0.05) is 12.0 Å². The zero-order chi connectivity index (χ0) is 14.4. The summed E-state index contributed by atoms with van der Waals surface area (Å²) < 4.78 is 8.49. The molecule has 0 saturated heterocycles. The van der Waals surface area contributed by atoms with E-state index in [9.17, 15) is 0 Å². The van der Waals surface area contributed by atoms with Crippen LogP contribution in [0.5, 0.6) is 0 Å². The number of anilines is 3. The van der Waals surface area contributed by atoms with Gasteiger partial charge < -0.3 is 11.1 Å². The molecule has 0 atom stereocenters. The van der Waals surface area contributed by atoms with Gasteiger partial charge in [-0.2, -0.15) is 8.75 Å². The Morgan fingerprint density at radius 3 is 2.90 bits per heavy atom. The van der Waals surface area contributed by atoms with E-state index in [1.165, 1.54) is 0 Å². The van der Waals surface area contributed by atoms with E-state index in [1.54, 1.807) is 12.1 Å². The molecule has 3 N–H and O–H groups in total. The summed E-state index contributed by atoms with van der Waals surface area (Å²) in [5, 5.41) is 3.78. The van der Waals surface area contributed by atoms with Gasteiger partial charge in [-0.15, -0.1) is 0 Å². The van der Waals surface area contributed by atoms with E-state index in [-0.39, 0.29) is 0 Å². The summed E-state index contributed by atoms with van der Waals surface area (Å²) in [5.74, 6) is 2.30. The number of fused-ring (bicyclic) bond motifs is 1. The molecular formula is C13H11ClN6S. The zero-order valence-corrected chi connectivity index (χ0v) is 12.4. The third-order valence-electron chi connectivity index (χ3n) is 3.34. The molecule has 0 radical (unpaired) electrons. The SMILES string of the molecule is Nc1cc(Nc2c(Cl)ccc3nsnc23)nc(C2CC2)n1. The summed E-state index contributed by atoms with van der Waals surface area (Å²) in [6.45, 7) is 0. The van der Waals surface area contributed by atoms with Crippen molar-refractivity contribution in [1.29, 1.82) is 0 Å². The highest BCUT2D eigenvalue weighted by atomic mass is 35.5. The zero-order valence-electron chi connectivity index (χ0n) is 10.9. The van der Waals surface area contributed by atoms with E-state index in [2.05, 4.69) is 24.0 Å². The van der Waals surface area contributed by atoms with Gasteiger partial charge in [-0.3, -0.25) is 0 Å². The Balaban J connectivity index is 1.77. The van der Waals surface area contributed by atoms with Gasteiger partial charge in [-0.05, 0) is 25.0 Å². The summed E-state index contributed by atoms with van der Waals surface area (Å²) >= 11 is 7.42. The number of nitrogen functional groups attached to an aromatic ring is 1. The second-order valence-corrected chi connectivity index (χ2v) is 5.93. The molecule has 2 heterocycles. The highest BCUT2D eigenvalue weighted by Crippen LogP contribution is 2.39. The lowest BCUT2D eigenvalue weighted by molar-refractivity contribution is 0.936. The molecule has 0 amide bonds. The van der Waals surface area contributed by atoms with Crippen molar-refractivity contribution in [3.8, 4) is 0 Å². The van der Waals surface area contributed by atoms with Gasteiger partial charge in [0.2, 0.25) is 0 Å². The second-order valence-electron chi connectivity index (χ2n) is 4.99. The number of benzene rings is 1. The molecular weight excluding hydrogens is 308 g/mol. The van der Waals surface area contributed by atoms with Gasteiger partial charge in [0.05, 0.1) is 22.4 Å². The third kappa shape index (κ3) is 2.38. The predicted molar refractivity (Wildman–Crippen MR) is 84.1 cm³/mol. The van der Waals surface area contributed by atoms with Crippen molar-refractivity contribution >= 4 is 51.7 Å². The first-order chi connectivity index (χ1) is 10.2. The number of nitrogens with one attached hydrogen (secondary N) is 1. The van der Waals surface area contributed by atoms with Crippen molar-refractivity contribution in [3.63, 3.8) is 0 Å². The molecule has 2 aromatic heterocycles. The Labute approximate surface area is 129 Å². The molecule has 1 aliphatic carbocycles. The molecule has 0 unspecified atom stereocenters. The number of nitrogens with two attached hydrogens (primary N) is 1. The maximum Gasteiger partial charge on any atom is 0.136 e. The van der Waals surface area contributed by atoms with Gasteiger partial charge in [0.1, 0.15) is 28.5 Å². The maximum atomic E-state index is 6.26. The fourth-order valence-corrected chi connectivity index (χ4v) is 2.89. The number of halogens is 1. The molecule has 1 aromatic carbocycles. The number of aromatic nitrogens is 4. The Kier molecular flexibility index (Phi) is 2.90. The van der Waals surface area contributed by atoms with Crippen molar-refractivity contribution < 1.29 is 0 Å². The fourth-order valence-electron chi connectivity index (χ4n) is 2.15. The number of hydrogen-bond donors (Lipinski definition) is 2. The summed E-state index contributed by atoms with van der Waals surface area (Å²) in [6, 6.07) is 5.33. The first-order valence-corrected chi connectivity index (χ1v) is 7.64. The molecule has 0 bridgehead atoms. The summed E-state index contributed by atoms with van der Waals surface area (Å²) in [5.41, 5.74) is 8.09. The lowest BCUT2D eigenvalue weighted by atomic mass is 10.2. The number of hydrogen-bond acceptors (Lipinski definition) is 7. The first-order valence-electron chi connectivity index (χ1n) is 6.53. The Hall–Kier alpha value is -1.99. The normalized spacial score (nSPS) is 14.5. The van der Waals surface area contributed by atoms with Crippen LogP contribution in [0.2, 0.25) is 5.02 Å². The number of rotatable bonds is 3. The summed E-state index contributed by atoms with van der Waals surface area (Å²) in [4.78, 5) is 8.80. The minimum Gasteiger partial charge on any atom is -0.384 e. The van der Waals surface area contributed by atoms with Crippen molar-refractivity contribution in [2.45, 2.75) is 18.8 Å². The fraction of sp³-hybridized carbons (Fsp3) is 0.231. The molecule has 1 saturated carbocycles. The van der Waals surface area contributed by atoms with Crippen LogP contribution in [0, 0.1) is 0 Å². The maximum absolute atomic E-state index is 6.26. The van der Waals surface area contributed by atoms with Crippen LogP contribution in [0.15, 0.2) is 18.2 Å². The summed E-state index contributed by atoms with van der Waals surface area (Å²) in [6.07, 6.45) is 2.24. The largest absolute Gasteiger partial charge is 0.384 e. The molecule has 4 rings (SSSR count). The van der Waals surface area contributed by atoms with Crippen LogP contribution in [-0.2, 0) is 0 Å². The first kappa shape index (κ1) is 12.7. The molecule has 106 valence electrons. The van der Waals surface area contributed by atoms with Crippen LogP contribution in [-0.4, -0.2) is 18.7 Å². The van der Waals surface area contributed by atoms with E-state index in [0.717, 1.165) is 41.4 Å². The van der Waals surface area contributed by atoms with Crippen molar-refractivity contribution in [2.24, 2.45) is 0 Å². The van der Waals surface area contributed by atoms with Gasteiger partial charge in [-0.1, -0.05) is 11.6 Å². The molecule has 0 aliphatic heterocycles. The Morgan fingerprint density at radius 2 is 2.10 bits per heavy atom. The molecule has 1 aliphatic rings. The van der Waals surface area contributed by atoms with Crippen molar-refractivity contribution in [3.05, 3.63) is 29.0 Å². The van der Waals surface area contributed by atoms with Crippen molar-refractivity contribution in [1.82, 2.24) is 18.7 Å². The van der Waals surface area contributed by atoms with Gasteiger partial charge in [-0.25, -0.2) is 9.97 Å². The predicted octanol–water partition coefficient (Wildman–Crippen LogP) is 3.34. The Bertz CT molecular complexity index is 829. The third-order valence-corrected chi connectivity index (χ3v) is 4.19. The summed E-state index contributed by atoms with van der Waals surface area (Å²) in [7, 11) is 0. The molecule has 8 heteroatoms. The standard InChI is InChI=1S/C13H11ClN6S/c14-7-3-4-8-12(20-21-19-8)11(7)17-10-5-9(15)16-13(18-10)6-1-2-6/h3-6H,1-2H2,(H3,15,16,17,18). The highest BCUT2D eigenvalue weighted by molar-refractivity contribution is 7.00. The van der Waals surface area contributed by atoms with Crippen molar-refractivity contribution in [2.75, 3.05) is 11.1 Å². The van der Waals surface area contributed by atoms with Crippen LogP contribution in [0.3, 0.4) is 0 Å². The highest BCUT2D eigenvalue weighted by Gasteiger charge is 2.27. The molecule has 0 spiro atoms. The lowest BCUT2D eigenvalue weighted by Gasteiger charge is -2.10. The average Bonchev–Trinajstić information content (AvgIpc) is 3.20.